The van der Waals surface area contributed by atoms with E-state index in [0.717, 1.165) is 11.6 Å². The Hall–Kier alpha value is -2.47. The van der Waals surface area contributed by atoms with Crippen LogP contribution in [0.5, 0.6) is 5.75 Å². The molecule has 0 unspecified atom stereocenters. The van der Waals surface area contributed by atoms with Crippen molar-refractivity contribution in [2.45, 2.75) is 0 Å². The van der Waals surface area contributed by atoms with Crippen LogP contribution in [0.4, 0.5) is 5.69 Å². The Morgan fingerprint density at radius 2 is 1.90 bits per heavy atom. The van der Waals surface area contributed by atoms with Gasteiger partial charge in [-0.2, -0.15) is 0 Å². The molecule has 0 aliphatic carbocycles. The molecule has 0 aliphatic heterocycles. The molecule has 0 saturated heterocycles. The first-order valence-corrected chi connectivity index (χ1v) is 6.72. The number of hydrogen-bond donors (Lipinski definition) is 1. The summed E-state index contributed by atoms with van der Waals surface area (Å²) in [4.78, 5) is 22.2. The summed E-state index contributed by atoms with van der Waals surface area (Å²) in [7, 11) is 0. The lowest BCUT2D eigenvalue weighted by atomic mass is 10.1. The van der Waals surface area contributed by atoms with Crippen molar-refractivity contribution in [3.63, 3.8) is 0 Å². The molecule has 6 heteroatoms. The third kappa shape index (κ3) is 3.55. The van der Waals surface area contributed by atoms with Crippen LogP contribution in [0.1, 0.15) is 15.9 Å². The Morgan fingerprint density at radius 1 is 1.24 bits per heavy atom. The van der Waals surface area contributed by atoms with Crippen molar-refractivity contribution in [1.82, 2.24) is 0 Å². The summed E-state index contributed by atoms with van der Waals surface area (Å²) in [5.74, 6) is -1.15. The van der Waals surface area contributed by atoms with Crippen LogP contribution in [0.3, 0.4) is 0 Å². The summed E-state index contributed by atoms with van der Waals surface area (Å²) in [6, 6.07) is 11.6. The molecule has 2 aromatic carbocycles. The van der Waals surface area contributed by atoms with Gasteiger partial charge in [0, 0.05) is 10.5 Å². The first-order valence-electron chi connectivity index (χ1n) is 5.93. The quantitative estimate of drug-likeness (QED) is 0.393. The maximum absolute atomic E-state index is 12.1. The average molecular weight is 348 g/mol. The first kappa shape index (κ1) is 14.9. The number of hydrogen-bond acceptors (Lipinski definition) is 4. The molecule has 0 spiro atoms. The summed E-state index contributed by atoms with van der Waals surface area (Å²) in [5, 5.41) is 20.7. The van der Waals surface area contributed by atoms with Crippen molar-refractivity contribution < 1.29 is 14.8 Å². The first-order chi connectivity index (χ1) is 9.99. The van der Waals surface area contributed by atoms with Crippen molar-refractivity contribution in [3.8, 4) is 5.75 Å². The monoisotopic (exact) mass is 347 g/mol. The maximum atomic E-state index is 12.1. The molecule has 2 aromatic rings. The van der Waals surface area contributed by atoms with E-state index < -0.39 is 22.1 Å². The van der Waals surface area contributed by atoms with Gasteiger partial charge in [0.05, 0.1) is 10.5 Å². The van der Waals surface area contributed by atoms with Crippen LogP contribution in [-0.4, -0.2) is 15.8 Å². The number of carbonyl (C=O) groups is 1. The molecule has 21 heavy (non-hydrogen) atoms. The largest absolute Gasteiger partial charge is 0.502 e. The predicted octanol–water partition coefficient (Wildman–Crippen LogP) is 3.96. The van der Waals surface area contributed by atoms with Crippen LogP contribution in [0.2, 0.25) is 0 Å². The van der Waals surface area contributed by atoms with E-state index in [1.54, 1.807) is 6.08 Å². The number of phenols is 1. The number of carbonyl (C=O) groups excluding carboxylic acids is 1. The zero-order chi connectivity index (χ0) is 15.4. The third-order valence-electron chi connectivity index (χ3n) is 2.74. The molecule has 1 N–H and O–H groups in total. The molecular weight excluding hydrogens is 338 g/mol. The minimum Gasteiger partial charge on any atom is -0.502 e. The van der Waals surface area contributed by atoms with E-state index in [4.69, 9.17) is 0 Å². The van der Waals surface area contributed by atoms with E-state index in [2.05, 4.69) is 15.9 Å². The van der Waals surface area contributed by atoms with Gasteiger partial charge in [-0.05, 0) is 17.7 Å². The lowest BCUT2D eigenvalue weighted by Gasteiger charge is -2.03. The average Bonchev–Trinajstić information content (AvgIpc) is 2.47. The number of allylic oxidation sites excluding steroid dienone is 1. The van der Waals surface area contributed by atoms with Gasteiger partial charge in [-0.1, -0.05) is 52.3 Å². The molecule has 0 heterocycles. The zero-order valence-electron chi connectivity index (χ0n) is 10.7. The van der Waals surface area contributed by atoms with Crippen LogP contribution in [0.25, 0.3) is 6.08 Å². The number of aromatic hydroxyl groups is 1. The standard InChI is InChI=1S/C15H10BrNO4/c16-11-8-12(15(19)13(9-11)17(20)21)14(18)7-6-10-4-2-1-3-5-10/h1-9,19H/b7-6+. The van der Waals surface area contributed by atoms with Gasteiger partial charge in [-0.3, -0.25) is 14.9 Å². The smallest absolute Gasteiger partial charge is 0.312 e. The van der Waals surface area contributed by atoms with Crippen molar-refractivity contribution in [1.29, 1.82) is 0 Å². The predicted molar refractivity (Wildman–Crippen MR) is 82.3 cm³/mol. The van der Waals surface area contributed by atoms with Crippen molar-refractivity contribution in [2.24, 2.45) is 0 Å². The second-order valence-corrected chi connectivity index (χ2v) is 5.10. The summed E-state index contributed by atoms with van der Waals surface area (Å²) < 4.78 is 0.350. The molecule has 0 saturated carbocycles. The lowest BCUT2D eigenvalue weighted by Crippen LogP contribution is -1.98. The van der Waals surface area contributed by atoms with E-state index in [1.807, 2.05) is 30.3 Å². The fourth-order valence-electron chi connectivity index (χ4n) is 1.74. The molecular formula is C15H10BrNO4. The van der Waals surface area contributed by atoms with Crippen LogP contribution in [0.15, 0.2) is 53.0 Å². The van der Waals surface area contributed by atoms with Gasteiger partial charge in [0.15, 0.2) is 5.78 Å². The van der Waals surface area contributed by atoms with Gasteiger partial charge in [0.2, 0.25) is 5.75 Å². The number of phenolic OH excluding ortho intramolecular Hbond substituents is 1. The molecule has 2 rings (SSSR count). The van der Waals surface area contributed by atoms with Crippen LogP contribution < -0.4 is 0 Å². The van der Waals surface area contributed by atoms with Crippen LogP contribution in [-0.2, 0) is 0 Å². The SMILES string of the molecule is O=C(/C=C/c1ccccc1)c1cc(Br)cc([N+](=O)[O-])c1O. The lowest BCUT2D eigenvalue weighted by molar-refractivity contribution is -0.386. The highest BCUT2D eigenvalue weighted by molar-refractivity contribution is 9.10. The number of ketones is 1. The topological polar surface area (TPSA) is 80.4 Å². The molecule has 5 nitrogen and oxygen atoms in total. The molecule has 0 aromatic heterocycles. The van der Waals surface area contributed by atoms with Gasteiger partial charge in [0.1, 0.15) is 0 Å². The Morgan fingerprint density at radius 3 is 2.52 bits per heavy atom. The number of nitro benzene ring substituents is 1. The van der Waals surface area contributed by atoms with Gasteiger partial charge in [-0.25, -0.2) is 0 Å². The molecule has 0 aliphatic rings. The van der Waals surface area contributed by atoms with Gasteiger partial charge in [-0.15, -0.1) is 0 Å². The normalized spacial score (nSPS) is 10.7. The fraction of sp³-hybridized carbons (Fsp3) is 0. The summed E-state index contributed by atoms with van der Waals surface area (Å²) >= 11 is 3.09. The molecule has 0 radical (unpaired) electrons. The van der Waals surface area contributed by atoms with Crippen molar-refractivity contribution in [3.05, 3.63) is 74.3 Å². The van der Waals surface area contributed by atoms with E-state index in [9.17, 15) is 20.0 Å². The van der Waals surface area contributed by atoms with E-state index in [0.29, 0.717) is 4.47 Å². The third-order valence-corrected chi connectivity index (χ3v) is 3.20. The Bertz CT molecular complexity index is 726. The maximum Gasteiger partial charge on any atom is 0.312 e. The summed E-state index contributed by atoms with van der Waals surface area (Å²) in [6.07, 6.45) is 2.84. The minimum absolute atomic E-state index is 0.122. The molecule has 0 atom stereocenters. The number of halogens is 1. The Balaban J connectivity index is 2.36. The van der Waals surface area contributed by atoms with E-state index in [-0.39, 0.29) is 5.56 Å². The van der Waals surface area contributed by atoms with Gasteiger partial charge >= 0.3 is 5.69 Å². The second kappa shape index (κ2) is 6.32. The second-order valence-electron chi connectivity index (χ2n) is 4.19. The number of nitrogens with zero attached hydrogens (tertiary/aromatic N) is 1. The molecule has 0 bridgehead atoms. The van der Waals surface area contributed by atoms with E-state index in [1.165, 1.54) is 12.1 Å². The van der Waals surface area contributed by atoms with E-state index >= 15 is 0 Å². The Labute approximate surface area is 128 Å². The highest BCUT2D eigenvalue weighted by atomic mass is 79.9. The number of rotatable bonds is 4. The molecule has 0 fully saturated rings. The summed E-state index contributed by atoms with van der Waals surface area (Å²) in [5.41, 5.74) is 0.180. The minimum atomic E-state index is -0.738. The zero-order valence-corrected chi connectivity index (χ0v) is 12.3. The number of benzene rings is 2. The van der Waals surface area contributed by atoms with Gasteiger partial charge < -0.3 is 5.11 Å². The summed E-state index contributed by atoms with van der Waals surface area (Å²) in [6.45, 7) is 0. The van der Waals surface area contributed by atoms with Crippen molar-refractivity contribution in [2.75, 3.05) is 0 Å². The highest BCUT2D eigenvalue weighted by Gasteiger charge is 2.21. The van der Waals surface area contributed by atoms with Crippen molar-refractivity contribution >= 4 is 33.5 Å². The fourth-order valence-corrected chi connectivity index (χ4v) is 2.18. The van der Waals surface area contributed by atoms with Crippen LogP contribution in [0, 0.1) is 10.1 Å². The van der Waals surface area contributed by atoms with Crippen LogP contribution >= 0.6 is 15.9 Å². The van der Waals surface area contributed by atoms with Gasteiger partial charge in [0.25, 0.3) is 0 Å². The highest BCUT2D eigenvalue weighted by Crippen LogP contribution is 2.33. The number of nitro groups is 1. The molecule has 0 amide bonds. The Kier molecular flexibility index (Phi) is 4.49. The molecule has 106 valence electrons.